The zero-order valence-corrected chi connectivity index (χ0v) is 13.8. The number of nitrogens with zero attached hydrogens (tertiary/aromatic N) is 1. The molecule has 0 radical (unpaired) electrons. The van der Waals surface area contributed by atoms with Crippen molar-refractivity contribution in [2.45, 2.75) is 19.9 Å². The number of hydrogen-bond donors (Lipinski definition) is 2. The van der Waals surface area contributed by atoms with Gasteiger partial charge in [-0.3, -0.25) is 9.59 Å². The van der Waals surface area contributed by atoms with Crippen LogP contribution in [0.4, 0.5) is 5.69 Å². The van der Waals surface area contributed by atoms with Gasteiger partial charge in [0.05, 0.1) is 6.54 Å². The molecule has 5 nitrogen and oxygen atoms in total. The van der Waals surface area contributed by atoms with Crippen LogP contribution in [-0.2, 0) is 4.79 Å². The molecule has 0 saturated carbocycles. The van der Waals surface area contributed by atoms with Crippen molar-refractivity contribution in [3.63, 3.8) is 0 Å². The average Bonchev–Trinajstić information content (AvgIpc) is 2.52. The van der Waals surface area contributed by atoms with Crippen molar-refractivity contribution in [3.8, 4) is 0 Å². The third kappa shape index (κ3) is 6.38. The third-order valence-electron chi connectivity index (χ3n) is 3.06. The van der Waals surface area contributed by atoms with E-state index in [1.165, 1.54) is 0 Å². The summed E-state index contributed by atoms with van der Waals surface area (Å²) in [4.78, 5) is 25.6. The molecule has 0 aliphatic carbocycles. The van der Waals surface area contributed by atoms with Crippen molar-refractivity contribution in [2.24, 2.45) is 0 Å². The van der Waals surface area contributed by atoms with Gasteiger partial charge in [0.1, 0.15) is 0 Å². The molecule has 0 spiro atoms. The molecule has 0 saturated heterocycles. The Morgan fingerprint density at radius 3 is 2.17 bits per heavy atom. The van der Waals surface area contributed by atoms with E-state index in [1.807, 2.05) is 13.8 Å². The van der Waals surface area contributed by atoms with Crippen LogP contribution in [0.2, 0.25) is 0 Å². The van der Waals surface area contributed by atoms with Gasteiger partial charge in [-0.25, -0.2) is 0 Å². The molecular weight excluding hydrogens is 290 g/mol. The minimum atomic E-state index is -0.106. The summed E-state index contributed by atoms with van der Waals surface area (Å²) in [6, 6.07) is 7.13. The van der Waals surface area contributed by atoms with Gasteiger partial charge in [-0.2, -0.15) is 0 Å². The van der Waals surface area contributed by atoms with E-state index in [2.05, 4.69) is 23.8 Å². The number of rotatable bonds is 9. The largest absolute Gasteiger partial charge is 0.376 e. The molecule has 2 N–H and O–H groups in total. The first-order valence-corrected chi connectivity index (χ1v) is 7.62. The molecule has 0 bridgehead atoms. The zero-order chi connectivity index (χ0) is 17.2. The van der Waals surface area contributed by atoms with Gasteiger partial charge < -0.3 is 15.5 Å². The Kier molecular flexibility index (Phi) is 7.60. The van der Waals surface area contributed by atoms with Crippen molar-refractivity contribution in [3.05, 3.63) is 55.1 Å². The molecule has 0 aliphatic heterocycles. The fraction of sp³-hybridized carbons (Fsp3) is 0.333. The highest BCUT2D eigenvalue weighted by molar-refractivity contribution is 5.94. The minimum absolute atomic E-state index is 0.0357. The first-order valence-electron chi connectivity index (χ1n) is 7.62. The van der Waals surface area contributed by atoms with Crippen LogP contribution >= 0.6 is 0 Å². The number of anilines is 1. The zero-order valence-electron chi connectivity index (χ0n) is 13.8. The van der Waals surface area contributed by atoms with Crippen LogP contribution in [0.15, 0.2) is 49.6 Å². The average molecular weight is 315 g/mol. The van der Waals surface area contributed by atoms with Crippen LogP contribution in [0.25, 0.3) is 0 Å². The second kappa shape index (κ2) is 9.46. The maximum atomic E-state index is 12.1. The van der Waals surface area contributed by atoms with E-state index in [4.69, 9.17) is 0 Å². The van der Waals surface area contributed by atoms with Crippen LogP contribution in [0, 0.1) is 0 Å². The highest BCUT2D eigenvalue weighted by Crippen LogP contribution is 2.09. The van der Waals surface area contributed by atoms with Gasteiger partial charge in [0.2, 0.25) is 5.91 Å². The maximum absolute atomic E-state index is 12.1. The fourth-order valence-electron chi connectivity index (χ4n) is 1.96. The number of carbonyl (C=O) groups excluding carboxylic acids is 2. The molecule has 2 amide bonds. The minimum Gasteiger partial charge on any atom is -0.376 e. The Balaban J connectivity index is 2.58. The molecule has 0 atom stereocenters. The molecule has 0 aliphatic rings. The van der Waals surface area contributed by atoms with E-state index < -0.39 is 0 Å². The number of benzene rings is 1. The molecule has 0 unspecified atom stereocenters. The van der Waals surface area contributed by atoms with E-state index in [9.17, 15) is 9.59 Å². The topological polar surface area (TPSA) is 61.4 Å². The van der Waals surface area contributed by atoms with Gasteiger partial charge in [0.25, 0.3) is 5.91 Å². The number of carbonyl (C=O) groups is 2. The van der Waals surface area contributed by atoms with E-state index in [0.29, 0.717) is 18.7 Å². The lowest BCUT2D eigenvalue weighted by Crippen LogP contribution is -2.35. The van der Waals surface area contributed by atoms with Crippen LogP contribution in [0.1, 0.15) is 24.2 Å². The summed E-state index contributed by atoms with van der Waals surface area (Å²) in [5.41, 5.74) is 1.38. The molecular formula is C18H25N3O2. The number of nitrogens with one attached hydrogen (secondary N) is 2. The Morgan fingerprint density at radius 1 is 1.13 bits per heavy atom. The number of amides is 2. The first-order chi connectivity index (χ1) is 11.0. The molecule has 1 rings (SSSR count). The van der Waals surface area contributed by atoms with Gasteiger partial charge in [-0.05, 0) is 38.1 Å². The summed E-state index contributed by atoms with van der Waals surface area (Å²) in [6.45, 7) is 12.3. The highest BCUT2D eigenvalue weighted by Gasteiger charge is 2.10. The van der Waals surface area contributed by atoms with Crippen LogP contribution in [-0.4, -0.2) is 42.4 Å². The lowest BCUT2D eigenvalue weighted by Gasteiger charge is -2.19. The van der Waals surface area contributed by atoms with E-state index >= 15 is 0 Å². The van der Waals surface area contributed by atoms with Crippen LogP contribution < -0.4 is 10.6 Å². The quantitative estimate of drug-likeness (QED) is 0.688. The van der Waals surface area contributed by atoms with E-state index in [1.54, 1.807) is 41.3 Å². The van der Waals surface area contributed by atoms with Gasteiger partial charge in [-0.15, -0.1) is 13.2 Å². The molecule has 23 heavy (non-hydrogen) atoms. The van der Waals surface area contributed by atoms with Gasteiger partial charge in [0.15, 0.2) is 0 Å². The molecule has 0 aromatic heterocycles. The van der Waals surface area contributed by atoms with E-state index in [0.717, 1.165) is 5.69 Å². The van der Waals surface area contributed by atoms with Gasteiger partial charge in [0, 0.05) is 30.4 Å². The van der Waals surface area contributed by atoms with Gasteiger partial charge >= 0.3 is 0 Å². The fourth-order valence-corrected chi connectivity index (χ4v) is 1.96. The molecule has 5 heteroatoms. The molecule has 0 fully saturated rings. The molecule has 124 valence electrons. The van der Waals surface area contributed by atoms with Gasteiger partial charge in [-0.1, -0.05) is 12.2 Å². The molecule has 0 heterocycles. The lowest BCUT2D eigenvalue weighted by atomic mass is 10.2. The van der Waals surface area contributed by atoms with E-state index in [-0.39, 0.29) is 24.4 Å². The standard InChI is InChI=1S/C18H25N3O2/c1-5-11-21(12-6-2)17(22)13-19-16-9-7-15(8-10-16)18(23)20-14(3)4/h5-10,14,19H,1-2,11-13H2,3-4H3,(H,20,23). The van der Waals surface area contributed by atoms with Crippen LogP contribution in [0.3, 0.4) is 0 Å². The van der Waals surface area contributed by atoms with Crippen molar-refractivity contribution in [2.75, 3.05) is 25.0 Å². The smallest absolute Gasteiger partial charge is 0.251 e. The Morgan fingerprint density at radius 2 is 1.70 bits per heavy atom. The summed E-state index contributed by atoms with van der Waals surface area (Å²) >= 11 is 0. The second-order valence-corrected chi connectivity index (χ2v) is 5.44. The third-order valence-corrected chi connectivity index (χ3v) is 3.06. The lowest BCUT2D eigenvalue weighted by molar-refractivity contribution is -0.128. The van der Waals surface area contributed by atoms with Crippen molar-refractivity contribution < 1.29 is 9.59 Å². The van der Waals surface area contributed by atoms with Crippen molar-refractivity contribution >= 4 is 17.5 Å². The van der Waals surface area contributed by atoms with Crippen LogP contribution in [0.5, 0.6) is 0 Å². The predicted molar refractivity (Wildman–Crippen MR) is 94.5 cm³/mol. The number of hydrogen-bond acceptors (Lipinski definition) is 3. The monoisotopic (exact) mass is 315 g/mol. The summed E-state index contributed by atoms with van der Waals surface area (Å²) in [5, 5.41) is 5.89. The summed E-state index contributed by atoms with van der Waals surface area (Å²) < 4.78 is 0. The SMILES string of the molecule is C=CCN(CC=C)C(=O)CNc1ccc(C(=O)NC(C)C)cc1. The molecule has 1 aromatic rings. The normalized spacial score (nSPS) is 10.0. The summed E-state index contributed by atoms with van der Waals surface area (Å²) in [5.74, 6) is -0.141. The Bertz CT molecular complexity index is 540. The maximum Gasteiger partial charge on any atom is 0.251 e. The first kappa shape index (κ1) is 18.5. The highest BCUT2D eigenvalue weighted by atomic mass is 16.2. The molecule has 1 aromatic carbocycles. The summed E-state index contributed by atoms with van der Waals surface area (Å²) in [7, 11) is 0. The Hall–Kier alpha value is -2.56. The summed E-state index contributed by atoms with van der Waals surface area (Å²) in [6.07, 6.45) is 3.37. The Labute approximate surface area is 138 Å². The van der Waals surface area contributed by atoms with Crippen molar-refractivity contribution in [1.29, 1.82) is 0 Å². The predicted octanol–water partition coefficient (Wildman–Crippen LogP) is 2.44. The van der Waals surface area contributed by atoms with Crippen molar-refractivity contribution in [1.82, 2.24) is 10.2 Å². The second-order valence-electron chi connectivity index (χ2n) is 5.44.